The van der Waals surface area contributed by atoms with Gasteiger partial charge in [0.15, 0.2) is 0 Å². The number of hydrogen-bond acceptors (Lipinski definition) is 8. The molecule has 146 valence electrons. The second-order valence-corrected chi connectivity index (χ2v) is 5.65. The summed E-state index contributed by atoms with van der Waals surface area (Å²) in [5, 5.41) is 41.9. The molecule has 12 nitrogen and oxygen atoms in total. The Labute approximate surface area is 161 Å². The number of nitrogens with zero attached hydrogens (tertiary/aromatic N) is 4. The van der Waals surface area contributed by atoms with Gasteiger partial charge in [-0.15, -0.1) is 0 Å². The molecular weight excluding hydrogens is 384 g/mol. The van der Waals surface area contributed by atoms with Crippen molar-refractivity contribution in [1.82, 2.24) is 15.6 Å². The molecule has 0 radical (unpaired) electrons. The van der Waals surface area contributed by atoms with E-state index >= 15 is 0 Å². The Morgan fingerprint density at radius 1 is 1.14 bits per heavy atom. The van der Waals surface area contributed by atoms with Crippen LogP contribution in [0.15, 0.2) is 53.6 Å². The SMILES string of the molecule is O=C(N/N=C\c1cc([N+](=O)[O-])cc([N+](=O)[O-])c1O)c1cc(-c2ccccc2)n[nH]1. The Hall–Kier alpha value is -4.61. The average molecular weight is 396 g/mol. The summed E-state index contributed by atoms with van der Waals surface area (Å²) in [4.78, 5) is 32.2. The van der Waals surface area contributed by atoms with Crippen LogP contribution < -0.4 is 5.43 Å². The first-order chi connectivity index (χ1) is 13.9. The highest BCUT2D eigenvalue weighted by atomic mass is 16.6. The number of nitro groups is 2. The van der Waals surface area contributed by atoms with Crippen LogP contribution in [-0.2, 0) is 0 Å². The maximum absolute atomic E-state index is 12.1. The van der Waals surface area contributed by atoms with E-state index in [-0.39, 0.29) is 11.3 Å². The van der Waals surface area contributed by atoms with Crippen molar-refractivity contribution in [3.8, 4) is 17.0 Å². The van der Waals surface area contributed by atoms with Gasteiger partial charge in [0.05, 0.1) is 33.4 Å². The summed E-state index contributed by atoms with van der Waals surface area (Å²) < 4.78 is 0. The zero-order valence-corrected chi connectivity index (χ0v) is 14.5. The smallest absolute Gasteiger partial charge is 0.318 e. The number of aromatic hydroxyl groups is 1. The quantitative estimate of drug-likeness (QED) is 0.325. The summed E-state index contributed by atoms with van der Waals surface area (Å²) in [5.41, 5.74) is 1.80. The molecule has 3 rings (SSSR count). The fraction of sp³-hybridized carbons (Fsp3) is 0. The van der Waals surface area contributed by atoms with Crippen LogP contribution in [0.3, 0.4) is 0 Å². The largest absolute Gasteiger partial charge is 0.502 e. The number of hydrogen-bond donors (Lipinski definition) is 3. The second-order valence-electron chi connectivity index (χ2n) is 5.65. The van der Waals surface area contributed by atoms with Gasteiger partial charge in [0.1, 0.15) is 5.69 Å². The molecule has 1 heterocycles. The summed E-state index contributed by atoms with van der Waals surface area (Å²) in [5.74, 6) is -1.48. The van der Waals surface area contributed by atoms with E-state index in [4.69, 9.17) is 0 Å². The van der Waals surface area contributed by atoms with Crippen LogP contribution in [0.25, 0.3) is 11.3 Å². The van der Waals surface area contributed by atoms with Gasteiger partial charge in [-0.25, -0.2) is 5.43 Å². The summed E-state index contributed by atoms with van der Waals surface area (Å²) >= 11 is 0. The lowest BCUT2D eigenvalue weighted by Crippen LogP contribution is -2.18. The first kappa shape index (κ1) is 19.2. The maximum atomic E-state index is 12.1. The number of phenolic OH excluding ortho intramolecular Hbond substituents is 1. The predicted octanol–water partition coefficient (Wildman–Crippen LogP) is 2.36. The molecule has 0 aliphatic carbocycles. The highest BCUT2D eigenvalue weighted by Gasteiger charge is 2.23. The van der Waals surface area contributed by atoms with Gasteiger partial charge in [0.25, 0.3) is 11.6 Å². The Morgan fingerprint density at radius 3 is 2.52 bits per heavy atom. The number of aromatic amines is 1. The van der Waals surface area contributed by atoms with E-state index in [9.17, 15) is 30.1 Å². The lowest BCUT2D eigenvalue weighted by Gasteiger charge is -2.01. The van der Waals surface area contributed by atoms with Crippen LogP contribution in [0.1, 0.15) is 16.1 Å². The minimum Gasteiger partial charge on any atom is -0.502 e. The number of carbonyl (C=O) groups is 1. The van der Waals surface area contributed by atoms with E-state index < -0.39 is 32.9 Å². The minimum atomic E-state index is -0.964. The highest BCUT2D eigenvalue weighted by Crippen LogP contribution is 2.33. The van der Waals surface area contributed by atoms with Gasteiger partial charge in [-0.1, -0.05) is 30.3 Å². The van der Waals surface area contributed by atoms with Crippen LogP contribution in [0, 0.1) is 20.2 Å². The third-order valence-electron chi connectivity index (χ3n) is 3.77. The summed E-state index contributed by atoms with van der Waals surface area (Å²) in [6.45, 7) is 0. The molecule has 1 amide bonds. The molecule has 2 aromatic carbocycles. The number of carbonyl (C=O) groups excluding carboxylic acids is 1. The fourth-order valence-corrected chi connectivity index (χ4v) is 2.38. The first-order valence-corrected chi connectivity index (χ1v) is 7.97. The molecule has 3 N–H and O–H groups in total. The lowest BCUT2D eigenvalue weighted by molar-refractivity contribution is -0.394. The molecule has 0 unspecified atom stereocenters. The van der Waals surface area contributed by atoms with Crippen molar-refractivity contribution in [2.45, 2.75) is 0 Å². The van der Waals surface area contributed by atoms with Crippen LogP contribution in [0.2, 0.25) is 0 Å². The number of non-ortho nitro benzene ring substituents is 1. The molecular formula is C17H12N6O6. The topological polar surface area (TPSA) is 177 Å². The summed E-state index contributed by atoms with van der Waals surface area (Å²) in [7, 11) is 0. The Balaban J connectivity index is 1.78. The number of nitro benzene ring substituents is 2. The number of amides is 1. The van der Waals surface area contributed by atoms with Crippen molar-refractivity contribution in [3.63, 3.8) is 0 Å². The summed E-state index contributed by atoms with van der Waals surface area (Å²) in [6.07, 6.45) is 0.863. The molecule has 12 heteroatoms. The molecule has 0 spiro atoms. The number of benzene rings is 2. The molecule has 0 atom stereocenters. The number of H-pyrrole nitrogens is 1. The number of rotatable bonds is 6. The zero-order valence-electron chi connectivity index (χ0n) is 14.5. The van der Waals surface area contributed by atoms with Crippen LogP contribution in [-0.4, -0.2) is 37.3 Å². The van der Waals surface area contributed by atoms with Crippen LogP contribution >= 0.6 is 0 Å². The molecule has 3 aromatic rings. The van der Waals surface area contributed by atoms with E-state index in [2.05, 4.69) is 20.7 Å². The molecule has 0 saturated carbocycles. The van der Waals surface area contributed by atoms with E-state index in [0.29, 0.717) is 11.8 Å². The Kier molecular flexibility index (Phi) is 5.26. The standard InChI is InChI=1S/C17H12N6O6/c24-16-11(6-12(22(26)27)7-15(16)23(28)29)9-18-21-17(25)14-8-13(19-20-14)10-4-2-1-3-5-10/h1-9,24H,(H,19,20)(H,21,25)/b18-9-. The number of phenols is 1. The van der Waals surface area contributed by atoms with Gasteiger partial charge in [-0.2, -0.15) is 10.2 Å². The van der Waals surface area contributed by atoms with Crippen molar-refractivity contribution < 1.29 is 19.7 Å². The second kappa shape index (κ2) is 7.96. The van der Waals surface area contributed by atoms with Gasteiger partial charge >= 0.3 is 5.69 Å². The van der Waals surface area contributed by atoms with Gasteiger partial charge in [0.2, 0.25) is 5.75 Å². The van der Waals surface area contributed by atoms with Gasteiger partial charge < -0.3 is 5.11 Å². The van der Waals surface area contributed by atoms with Gasteiger partial charge in [-0.3, -0.25) is 30.1 Å². The van der Waals surface area contributed by atoms with Crippen LogP contribution in [0.4, 0.5) is 11.4 Å². The third kappa shape index (κ3) is 4.21. The van der Waals surface area contributed by atoms with E-state index in [1.54, 1.807) is 0 Å². The van der Waals surface area contributed by atoms with E-state index in [0.717, 1.165) is 17.8 Å². The van der Waals surface area contributed by atoms with Gasteiger partial charge in [-0.05, 0) is 6.07 Å². The number of nitrogens with one attached hydrogen (secondary N) is 2. The molecule has 0 bridgehead atoms. The van der Waals surface area contributed by atoms with Crippen LogP contribution in [0.5, 0.6) is 5.75 Å². The zero-order chi connectivity index (χ0) is 21.0. The van der Waals surface area contributed by atoms with Crippen molar-refractivity contribution in [3.05, 3.63) is 80.0 Å². The fourth-order valence-electron chi connectivity index (χ4n) is 2.38. The predicted molar refractivity (Wildman–Crippen MR) is 100 cm³/mol. The lowest BCUT2D eigenvalue weighted by atomic mass is 10.1. The number of aromatic nitrogens is 2. The monoisotopic (exact) mass is 396 g/mol. The van der Waals surface area contributed by atoms with Crippen molar-refractivity contribution in [1.29, 1.82) is 0 Å². The molecule has 1 aromatic heterocycles. The maximum Gasteiger partial charge on any atom is 0.318 e. The average Bonchev–Trinajstić information content (AvgIpc) is 3.19. The van der Waals surface area contributed by atoms with Crippen molar-refractivity contribution >= 4 is 23.5 Å². The molecule has 29 heavy (non-hydrogen) atoms. The first-order valence-electron chi connectivity index (χ1n) is 7.97. The molecule has 0 fully saturated rings. The Bertz CT molecular complexity index is 1120. The normalized spacial score (nSPS) is 10.8. The Morgan fingerprint density at radius 2 is 1.86 bits per heavy atom. The summed E-state index contributed by atoms with van der Waals surface area (Å²) in [6, 6.07) is 12.1. The number of hydrazone groups is 1. The highest BCUT2D eigenvalue weighted by molar-refractivity contribution is 5.94. The van der Waals surface area contributed by atoms with E-state index in [1.807, 2.05) is 30.3 Å². The third-order valence-corrected chi connectivity index (χ3v) is 3.77. The van der Waals surface area contributed by atoms with E-state index in [1.165, 1.54) is 6.07 Å². The molecule has 0 aliphatic rings. The molecule has 0 aliphatic heterocycles. The molecule has 0 saturated heterocycles. The van der Waals surface area contributed by atoms with Gasteiger partial charge in [0, 0.05) is 11.6 Å². The van der Waals surface area contributed by atoms with Crippen molar-refractivity contribution in [2.75, 3.05) is 0 Å². The van der Waals surface area contributed by atoms with Crippen molar-refractivity contribution in [2.24, 2.45) is 5.10 Å². The minimum absolute atomic E-state index is 0.0928.